The Kier molecular flexibility index (Phi) is 4.80. The summed E-state index contributed by atoms with van der Waals surface area (Å²) in [7, 11) is 2.05. The summed E-state index contributed by atoms with van der Waals surface area (Å²) in [4.78, 5) is 29.2. The molecule has 0 unspecified atom stereocenters. The summed E-state index contributed by atoms with van der Waals surface area (Å²) in [6.45, 7) is 14.6. The van der Waals surface area contributed by atoms with Crippen LogP contribution in [0, 0.1) is 6.92 Å². The van der Waals surface area contributed by atoms with Gasteiger partial charge in [-0.1, -0.05) is 0 Å². The van der Waals surface area contributed by atoms with Gasteiger partial charge in [0.1, 0.15) is 5.60 Å². The smallest absolute Gasteiger partial charge is 0.419 e. The Morgan fingerprint density at radius 3 is 2.35 bits per heavy atom. The fourth-order valence-electron chi connectivity index (χ4n) is 3.07. The Balaban J connectivity index is 1.88. The molecule has 6 heteroatoms. The van der Waals surface area contributed by atoms with Crippen molar-refractivity contribution in [3.05, 3.63) is 42.4 Å². The van der Waals surface area contributed by atoms with E-state index in [4.69, 9.17) is 11.7 Å². The predicted molar refractivity (Wildman–Crippen MR) is 100 cm³/mol. The van der Waals surface area contributed by atoms with E-state index in [-0.39, 0.29) is 5.91 Å². The van der Waals surface area contributed by atoms with E-state index in [2.05, 4.69) is 11.9 Å². The molecule has 0 N–H and O–H groups in total. The van der Waals surface area contributed by atoms with Gasteiger partial charge in [0.05, 0.1) is 5.52 Å². The Hall–Kier alpha value is -2.34. The van der Waals surface area contributed by atoms with Crippen molar-refractivity contribution < 1.29 is 14.3 Å². The maximum atomic E-state index is 12.7. The van der Waals surface area contributed by atoms with Crippen molar-refractivity contribution >= 4 is 22.9 Å². The molecule has 0 atom stereocenters. The molecule has 3 rings (SSSR count). The van der Waals surface area contributed by atoms with Gasteiger partial charge in [-0.3, -0.25) is 4.79 Å². The van der Waals surface area contributed by atoms with Gasteiger partial charge < -0.3 is 14.5 Å². The number of nitrogens with zero attached hydrogens (tertiary/aromatic N) is 3. The second-order valence-corrected chi connectivity index (χ2v) is 7.75. The molecule has 0 aliphatic carbocycles. The molecule has 6 nitrogen and oxygen atoms in total. The number of rotatable bonds is 1. The van der Waals surface area contributed by atoms with E-state index in [0.717, 1.165) is 18.5 Å². The Morgan fingerprint density at radius 1 is 1.08 bits per heavy atom. The van der Waals surface area contributed by atoms with Gasteiger partial charge in [-0.05, 0) is 52.1 Å². The van der Waals surface area contributed by atoms with E-state index >= 15 is 0 Å². The molecule has 2 heterocycles. The molecule has 1 aromatic heterocycles. The summed E-state index contributed by atoms with van der Waals surface area (Å²) in [5.41, 5.74) is 0.908. The molecule has 0 spiro atoms. The molecule has 1 amide bonds. The van der Waals surface area contributed by atoms with Crippen molar-refractivity contribution in [3.63, 3.8) is 0 Å². The van der Waals surface area contributed by atoms with E-state index in [9.17, 15) is 9.59 Å². The third-order valence-electron chi connectivity index (χ3n) is 4.44. The second-order valence-electron chi connectivity index (χ2n) is 7.75. The van der Waals surface area contributed by atoms with Crippen LogP contribution in [0.15, 0.2) is 24.3 Å². The molecule has 1 aliphatic rings. The van der Waals surface area contributed by atoms with Gasteiger partial charge in [-0.15, -0.1) is 0 Å². The van der Waals surface area contributed by atoms with Crippen molar-refractivity contribution in [3.8, 4) is 0 Å². The third kappa shape index (κ3) is 3.75. The summed E-state index contributed by atoms with van der Waals surface area (Å²) < 4.78 is 6.76. The molecule has 26 heavy (non-hydrogen) atoms. The highest BCUT2D eigenvalue weighted by Gasteiger charge is 2.23. The number of carbonyl (C=O) groups is 2. The SMILES string of the molecule is [CH]c1cc2cc(C(=O)N3CCN(C)CC3)ccc2n1C(=O)OC(C)(C)C. The summed E-state index contributed by atoms with van der Waals surface area (Å²) in [6.07, 6.45) is -0.525. The van der Waals surface area contributed by atoms with E-state index in [1.807, 2.05) is 4.90 Å². The number of amides is 1. The van der Waals surface area contributed by atoms with Crippen molar-refractivity contribution in [2.75, 3.05) is 33.2 Å². The molecule has 138 valence electrons. The third-order valence-corrected chi connectivity index (χ3v) is 4.44. The lowest BCUT2D eigenvalue weighted by Crippen LogP contribution is -2.47. The fraction of sp³-hybridized carbons (Fsp3) is 0.450. The average Bonchev–Trinajstić information content (AvgIpc) is 2.88. The monoisotopic (exact) mass is 355 g/mol. The van der Waals surface area contributed by atoms with Gasteiger partial charge in [-0.2, -0.15) is 0 Å². The normalized spacial score (nSPS) is 16.1. The lowest BCUT2D eigenvalue weighted by molar-refractivity contribution is 0.0542. The van der Waals surface area contributed by atoms with Crippen LogP contribution in [0.2, 0.25) is 0 Å². The van der Waals surface area contributed by atoms with Gasteiger partial charge in [0, 0.05) is 49.7 Å². The quantitative estimate of drug-likeness (QED) is 0.789. The minimum absolute atomic E-state index is 0.00332. The molecule has 2 aromatic rings. The summed E-state index contributed by atoms with van der Waals surface area (Å²) in [6, 6.07) is 6.97. The zero-order valence-corrected chi connectivity index (χ0v) is 15.8. The molecule has 1 aliphatic heterocycles. The molecule has 1 aromatic carbocycles. The van der Waals surface area contributed by atoms with E-state index in [0.29, 0.717) is 29.9 Å². The highest BCUT2D eigenvalue weighted by Crippen LogP contribution is 2.23. The van der Waals surface area contributed by atoms with Gasteiger partial charge in [0.25, 0.3) is 5.91 Å². The highest BCUT2D eigenvalue weighted by atomic mass is 16.6. The molecule has 0 bridgehead atoms. The summed E-state index contributed by atoms with van der Waals surface area (Å²) in [5, 5.41) is 0.744. The Bertz CT molecular complexity index is 840. The largest absolute Gasteiger partial charge is 0.443 e. The first kappa shape index (κ1) is 18.5. The minimum Gasteiger partial charge on any atom is -0.443 e. The molecule has 1 fully saturated rings. The first-order chi connectivity index (χ1) is 12.2. The maximum absolute atomic E-state index is 12.7. The zero-order valence-electron chi connectivity index (χ0n) is 15.8. The number of hydrogen-bond acceptors (Lipinski definition) is 4. The van der Waals surface area contributed by atoms with Crippen molar-refractivity contribution in [1.82, 2.24) is 14.4 Å². The Morgan fingerprint density at radius 2 is 1.73 bits per heavy atom. The average molecular weight is 355 g/mol. The van der Waals surface area contributed by atoms with Crippen LogP contribution in [0.25, 0.3) is 10.9 Å². The van der Waals surface area contributed by atoms with Crippen molar-refractivity contribution in [2.24, 2.45) is 0 Å². The van der Waals surface area contributed by atoms with Crippen LogP contribution in [-0.2, 0) is 4.74 Å². The topological polar surface area (TPSA) is 54.8 Å². The summed E-state index contributed by atoms with van der Waals surface area (Å²) in [5.74, 6) is 0.00332. The van der Waals surface area contributed by atoms with Crippen LogP contribution >= 0.6 is 0 Å². The number of likely N-dealkylation sites (N-methyl/N-ethyl adjacent to an activating group) is 1. The fourth-order valence-corrected chi connectivity index (χ4v) is 3.07. The standard InChI is InChI=1S/C20H25N3O3/c1-14-12-16-13-15(18(24)22-10-8-21(5)9-11-22)6-7-17(16)23(14)19(25)26-20(2,3)4/h1,6-7,12-13H,8-11H2,2-5H3. The minimum atomic E-state index is -0.614. The second kappa shape index (κ2) is 6.76. The van der Waals surface area contributed by atoms with Gasteiger partial charge in [-0.25, -0.2) is 9.36 Å². The lowest BCUT2D eigenvalue weighted by atomic mass is 10.1. The van der Waals surface area contributed by atoms with E-state index in [1.165, 1.54) is 4.57 Å². The van der Waals surface area contributed by atoms with Gasteiger partial charge in [0.2, 0.25) is 0 Å². The van der Waals surface area contributed by atoms with Crippen LogP contribution in [0.3, 0.4) is 0 Å². The zero-order chi connectivity index (χ0) is 19.1. The maximum Gasteiger partial charge on any atom is 0.419 e. The first-order valence-corrected chi connectivity index (χ1v) is 8.78. The number of hydrogen-bond donors (Lipinski definition) is 0. The first-order valence-electron chi connectivity index (χ1n) is 8.78. The van der Waals surface area contributed by atoms with E-state index < -0.39 is 11.7 Å². The molecule has 1 saturated heterocycles. The molecule has 2 radical (unpaired) electrons. The highest BCUT2D eigenvalue weighted by molar-refractivity contribution is 6.00. The van der Waals surface area contributed by atoms with Crippen LogP contribution in [0.4, 0.5) is 4.79 Å². The van der Waals surface area contributed by atoms with Crippen molar-refractivity contribution in [1.29, 1.82) is 0 Å². The number of ether oxygens (including phenoxy) is 1. The summed E-state index contributed by atoms with van der Waals surface area (Å²) >= 11 is 0. The Labute approximate surface area is 154 Å². The lowest BCUT2D eigenvalue weighted by Gasteiger charge is -2.32. The molecular formula is C20H25N3O3. The number of piperazine rings is 1. The number of aromatic nitrogens is 1. The molecule has 0 saturated carbocycles. The van der Waals surface area contributed by atoms with E-state index in [1.54, 1.807) is 45.0 Å². The number of benzene rings is 1. The van der Waals surface area contributed by atoms with Crippen LogP contribution in [0.1, 0.15) is 36.8 Å². The number of fused-ring (bicyclic) bond motifs is 1. The predicted octanol–water partition coefficient (Wildman–Crippen LogP) is 2.87. The van der Waals surface area contributed by atoms with Crippen molar-refractivity contribution in [2.45, 2.75) is 26.4 Å². The molecular weight excluding hydrogens is 330 g/mol. The van der Waals surface area contributed by atoms with Crippen LogP contribution < -0.4 is 0 Å². The van der Waals surface area contributed by atoms with Gasteiger partial charge >= 0.3 is 6.09 Å². The van der Waals surface area contributed by atoms with Crippen LogP contribution in [-0.4, -0.2) is 65.2 Å². The van der Waals surface area contributed by atoms with Gasteiger partial charge in [0.15, 0.2) is 0 Å². The van der Waals surface area contributed by atoms with Crippen LogP contribution in [0.5, 0.6) is 0 Å². The number of carbonyl (C=O) groups excluding carboxylic acids is 2.